The SMILES string of the molecule is CCCCCCCC/C=C\CCCCCCCC(=O)OCCS. The van der Waals surface area contributed by atoms with Gasteiger partial charge in [0, 0.05) is 12.2 Å². The monoisotopic (exact) mass is 342 g/mol. The molecule has 0 aromatic rings. The predicted octanol–water partition coefficient (Wildman–Crippen LogP) is 6.50. The topological polar surface area (TPSA) is 26.3 Å². The molecule has 0 aliphatic carbocycles. The fourth-order valence-electron chi connectivity index (χ4n) is 2.57. The molecule has 0 heterocycles. The Labute approximate surface area is 149 Å². The lowest BCUT2D eigenvalue weighted by Gasteiger charge is -2.02. The van der Waals surface area contributed by atoms with Crippen LogP contribution in [0.3, 0.4) is 0 Å². The molecule has 0 amide bonds. The van der Waals surface area contributed by atoms with Crippen LogP contribution in [0, 0.1) is 0 Å². The first-order valence-corrected chi connectivity index (χ1v) is 10.4. The van der Waals surface area contributed by atoms with E-state index in [1.807, 2.05) is 0 Å². The van der Waals surface area contributed by atoms with Crippen LogP contribution in [0.25, 0.3) is 0 Å². The van der Waals surface area contributed by atoms with Crippen molar-refractivity contribution in [2.75, 3.05) is 12.4 Å². The normalized spacial score (nSPS) is 11.2. The van der Waals surface area contributed by atoms with Crippen LogP contribution in [0.5, 0.6) is 0 Å². The van der Waals surface area contributed by atoms with Crippen molar-refractivity contribution in [1.82, 2.24) is 0 Å². The Morgan fingerprint density at radius 3 is 1.91 bits per heavy atom. The lowest BCUT2D eigenvalue weighted by Crippen LogP contribution is -2.06. The lowest BCUT2D eigenvalue weighted by molar-refractivity contribution is -0.143. The molecule has 0 radical (unpaired) electrons. The molecular formula is C20H38O2S. The first-order chi connectivity index (χ1) is 11.3. The van der Waals surface area contributed by atoms with Crippen LogP contribution in [0.2, 0.25) is 0 Å². The third kappa shape index (κ3) is 19.5. The van der Waals surface area contributed by atoms with Gasteiger partial charge in [0.15, 0.2) is 0 Å². The van der Waals surface area contributed by atoms with Gasteiger partial charge in [0.25, 0.3) is 0 Å². The first kappa shape index (κ1) is 22.6. The number of unbranched alkanes of at least 4 members (excludes halogenated alkanes) is 11. The van der Waals surface area contributed by atoms with Gasteiger partial charge in [-0.2, -0.15) is 12.6 Å². The highest BCUT2D eigenvalue weighted by Gasteiger charge is 2.01. The Balaban J connectivity index is 3.14. The minimum atomic E-state index is -0.0725. The van der Waals surface area contributed by atoms with Crippen LogP contribution in [0.15, 0.2) is 12.2 Å². The minimum Gasteiger partial charge on any atom is -0.465 e. The maximum Gasteiger partial charge on any atom is 0.305 e. The molecule has 0 saturated carbocycles. The van der Waals surface area contributed by atoms with E-state index >= 15 is 0 Å². The van der Waals surface area contributed by atoms with Crippen LogP contribution in [-0.2, 0) is 9.53 Å². The second kappa shape index (κ2) is 19.6. The maximum absolute atomic E-state index is 11.3. The number of rotatable bonds is 17. The summed E-state index contributed by atoms with van der Waals surface area (Å²) in [6.45, 7) is 2.70. The van der Waals surface area contributed by atoms with E-state index in [1.54, 1.807) is 0 Å². The summed E-state index contributed by atoms with van der Waals surface area (Å²) in [4.78, 5) is 11.3. The number of carbonyl (C=O) groups excluding carboxylic acids is 1. The summed E-state index contributed by atoms with van der Waals surface area (Å²) in [5, 5.41) is 0. The van der Waals surface area contributed by atoms with Gasteiger partial charge in [0.05, 0.1) is 0 Å². The van der Waals surface area contributed by atoms with Gasteiger partial charge in [-0.15, -0.1) is 0 Å². The molecule has 23 heavy (non-hydrogen) atoms. The van der Waals surface area contributed by atoms with Crippen molar-refractivity contribution in [3.05, 3.63) is 12.2 Å². The molecule has 0 rings (SSSR count). The van der Waals surface area contributed by atoms with Crippen molar-refractivity contribution in [2.45, 2.75) is 96.8 Å². The number of thiol groups is 1. The number of allylic oxidation sites excluding steroid dienone is 2. The largest absolute Gasteiger partial charge is 0.465 e. The molecule has 0 N–H and O–H groups in total. The highest BCUT2D eigenvalue weighted by Crippen LogP contribution is 2.10. The van der Waals surface area contributed by atoms with Crippen LogP contribution in [-0.4, -0.2) is 18.3 Å². The Hall–Kier alpha value is -0.440. The average Bonchev–Trinajstić information content (AvgIpc) is 2.56. The molecule has 0 aromatic heterocycles. The summed E-state index contributed by atoms with van der Waals surface area (Å²) >= 11 is 4.01. The molecule has 0 aromatic carbocycles. The molecule has 0 aliphatic heterocycles. The summed E-state index contributed by atoms with van der Waals surface area (Å²) in [6, 6.07) is 0. The Morgan fingerprint density at radius 2 is 1.35 bits per heavy atom. The Bertz CT molecular complexity index is 277. The molecule has 0 bridgehead atoms. The van der Waals surface area contributed by atoms with Gasteiger partial charge in [-0.1, -0.05) is 70.4 Å². The number of ether oxygens (including phenoxy) is 1. The van der Waals surface area contributed by atoms with Crippen molar-refractivity contribution in [3.63, 3.8) is 0 Å². The number of hydrogen-bond acceptors (Lipinski definition) is 3. The van der Waals surface area contributed by atoms with Gasteiger partial charge in [-0.05, 0) is 32.1 Å². The highest BCUT2D eigenvalue weighted by atomic mass is 32.1. The molecule has 0 atom stereocenters. The molecule has 136 valence electrons. The van der Waals surface area contributed by atoms with Gasteiger partial charge in [-0.25, -0.2) is 0 Å². The van der Waals surface area contributed by atoms with Gasteiger partial charge >= 0.3 is 5.97 Å². The summed E-state index contributed by atoms with van der Waals surface area (Å²) in [5.41, 5.74) is 0. The van der Waals surface area contributed by atoms with Crippen LogP contribution < -0.4 is 0 Å². The second-order valence-corrected chi connectivity index (χ2v) is 6.73. The summed E-state index contributed by atoms with van der Waals surface area (Å²) in [5.74, 6) is 0.537. The van der Waals surface area contributed by atoms with E-state index in [0.29, 0.717) is 18.8 Å². The number of esters is 1. The quantitative estimate of drug-likeness (QED) is 0.141. The smallest absolute Gasteiger partial charge is 0.305 e. The molecule has 2 nitrogen and oxygen atoms in total. The highest BCUT2D eigenvalue weighted by molar-refractivity contribution is 7.80. The first-order valence-electron chi connectivity index (χ1n) is 9.72. The number of hydrogen-bond donors (Lipinski definition) is 1. The van der Waals surface area contributed by atoms with E-state index in [0.717, 1.165) is 12.8 Å². The van der Waals surface area contributed by atoms with Crippen molar-refractivity contribution in [1.29, 1.82) is 0 Å². The fourth-order valence-corrected chi connectivity index (χ4v) is 2.66. The van der Waals surface area contributed by atoms with E-state index in [1.165, 1.54) is 70.6 Å². The zero-order valence-electron chi connectivity index (χ0n) is 15.2. The van der Waals surface area contributed by atoms with Crippen molar-refractivity contribution in [3.8, 4) is 0 Å². The van der Waals surface area contributed by atoms with E-state index in [9.17, 15) is 4.79 Å². The summed E-state index contributed by atoms with van der Waals surface area (Å²) < 4.78 is 4.99. The fraction of sp³-hybridized carbons (Fsp3) is 0.850. The van der Waals surface area contributed by atoms with E-state index in [-0.39, 0.29) is 5.97 Å². The van der Waals surface area contributed by atoms with E-state index < -0.39 is 0 Å². The third-order valence-electron chi connectivity index (χ3n) is 4.00. The van der Waals surface area contributed by atoms with E-state index in [4.69, 9.17) is 4.74 Å². The van der Waals surface area contributed by atoms with Crippen LogP contribution in [0.4, 0.5) is 0 Å². The van der Waals surface area contributed by atoms with Crippen molar-refractivity contribution >= 4 is 18.6 Å². The lowest BCUT2D eigenvalue weighted by atomic mass is 10.1. The van der Waals surface area contributed by atoms with E-state index in [2.05, 4.69) is 31.7 Å². The zero-order valence-corrected chi connectivity index (χ0v) is 16.1. The van der Waals surface area contributed by atoms with Crippen LogP contribution in [0.1, 0.15) is 96.8 Å². The van der Waals surface area contributed by atoms with Gasteiger partial charge in [0.2, 0.25) is 0 Å². The molecule has 0 spiro atoms. The molecule has 0 saturated heterocycles. The zero-order chi connectivity index (χ0) is 17.0. The molecule has 0 unspecified atom stereocenters. The van der Waals surface area contributed by atoms with Crippen LogP contribution >= 0.6 is 12.6 Å². The van der Waals surface area contributed by atoms with Crippen molar-refractivity contribution < 1.29 is 9.53 Å². The second-order valence-electron chi connectivity index (χ2n) is 6.28. The average molecular weight is 343 g/mol. The molecular weight excluding hydrogens is 304 g/mol. The molecule has 3 heteroatoms. The minimum absolute atomic E-state index is 0.0725. The predicted molar refractivity (Wildman–Crippen MR) is 104 cm³/mol. The third-order valence-corrected chi connectivity index (χ3v) is 4.18. The standard InChI is InChI=1S/C20H38O2S/c1-2-3-4-5-6-7-8-9-10-11-12-13-14-15-16-17-20(21)22-18-19-23/h9-10,23H,2-8,11-19H2,1H3/b10-9-. The number of carbonyl (C=O) groups is 1. The van der Waals surface area contributed by atoms with Gasteiger partial charge < -0.3 is 4.74 Å². The summed E-state index contributed by atoms with van der Waals surface area (Å²) in [7, 11) is 0. The maximum atomic E-state index is 11.3. The van der Waals surface area contributed by atoms with Crippen molar-refractivity contribution in [2.24, 2.45) is 0 Å². The Kier molecular flexibility index (Phi) is 19.2. The van der Waals surface area contributed by atoms with Gasteiger partial charge in [-0.3, -0.25) is 4.79 Å². The summed E-state index contributed by atoms with van der Waals surface area (Å²) in [6.07, 6.45) is 21.9. The molecule has 0 fully saturated rings. The Morgan fingerprint density at radius 1 is 0.826 bits per heavy atom. The van der Waals surface area contributed by atoms with Gasteiger partial charge in [0.1, 0.15) is 6.61 Å². The molecule has 0 aliphatic rings.